The lowest BCUT2D eigenvalue weighted by Crippen LogP contribution is -2.49. The lowest BCUT2D eigenvalue weighted by molar-refractivity contribution is 0.251. The number of ether oxygens (including phenoxy) is 1. The summed E-state index contributed by atoms with van der Waals surface area (Å²) in [6.07, 6.45) is 0.615. The molecule has 172 valence electrons. The fourth-order valence-corrected chi connectivity index (χ4v) is 4.10. The normalized spacial score (nSPS) is 17.6. The maximum Gasteiger partial charge on any atom is 0.160 e. The number of benzene rings is 2. The number of anilines is 1. The quantitative estimate of drug-likeness (QED) is 0.605. The number of rotatable bonds is 4. The molecule has 0 spiro atoms. The second-order valence-electron chi connectivity index (χ2n) is 7.96. The van der Waals surface area contributed by atoms with Gasteiger partial charge in [0.25, 0.3) is 0 Å². The van der Waals surface area contributed by atoms with Crippen molar-refractivity contribution < 1.29 is 18.6 Å². The van der Waals surface area contributed by atoms with Gasteiger partial charge in [-0.25, -0.2) is 13.8 Å². The Morgan fingerprint density at radius 2 is 1.94 bits per heavy atom. The average molecular weight is 461 g/mol. The van der Waals surface area contributed by atoms with E-state index in [1.807, 2.05) is 0 Å². The monoisotopic (exact) mass is 461 g/mol. The first-order chi connectivity index (χ1) is 16.4. The van der Waals surface area contributed by atoms with Crippen molar-refractivity contribution in [3.63, 3.8) is 0 Å². The minimum Gasteiger partial charge on any atom is -0.504 e. The van der Waals surface area contributed by atoms with Gasteiger partial charge in [0.2, 0.25) is 0 Å². The van der Waals surface area contributed by atoms with E-state index in [4.69, 9.17) is 15.7 Å². The van der Waals surface area contributed by atoms with Crippen molar-refractivity contribution in [2.75, 3.05) is 25.1 Å². The summed E-state index contributed by atoms with van der Waals surface area (Å²) < 4.78 is 34.0. The number of phenolic OH excluding ortho intramolecular Hbond substituents is 1. The molecule has 2 aromatic carbocycles. The summed E-state index contributed by atoms with van der Waals surface area (Å²) in [4.78, 5) is 6.12. The molecule has 2 atom stereocenters. The van der Waals surface area contributed by atoms with Gasteiger partial charge in [0.05, 0.1) is 19.2 Å². The van der Waals surface area contributed by atoms with E-state index in [1.165, 1.54) is 31.5 Å². The third-order valence-corrected chi connectivity index (χ3v) is 5.93. The van der Waals surface area contributed by atoms with Crippen LogP contribution in [0.1, 0.15) is 17.5 Å². The number of alkyl halides is 1. The number of phenols is 1. The third kappa shape index (κ3) is 4.09. The van der Waals surface area contributed by atoms with Gasteiger partial charge in [-0.1, -0.05) is 12.1 Å². The van der Waals surface area contributed by atoms with E-state index in [-0.39, 0.29) is 35.0 Å². The van der Waals surface area contributed by atoms with Gasteiger partial charge in [-0.15, -0.1) is 0 Å². The minimum atomic E-state index is -1.28. The van der Waals surface area contributed by atoms with Crippen LogP contribution in [-0.2, 0) is 0 Å². The summed E-state index contributed by atoms with van der Waals surface area (Å²) >= 11 is 0. The fraction of sp³-hybridized carbons (Fsp3) is 0.240. The maximum absolute atomic E-state index is 14.6. The number of hydrogen-bond donors (Lipinski definition) is 2. The largest absolute Gasteiger partial charge is 0.504 e. The average Bonchev–Trinajstić information content (AvgIpc) is 2.84. The van der Waals surface area contributed by atoms with E-state index in [9.17, 15) is 19.1 Å². The van der Waals surface area contributed by atoms with Gasteiger partial charge in [0, 0.05) is 29.9 Å². The molecule has 0 aliphatic carbocycles. The second-order valence-corrected chi connectivity index (χ2v) is 7.96. The van der Waals surface area contributed by atoms with Gasteiger partial charge in [-0.2, -0.15) is 10.5 Å². The molecule has 0 saturated carbocycles. The Bertz CT molecular complexity index is 1330. The number of halogens is 2. The molecule has 1 aliphatic heterocycles. The highest BCUT2D eigenvalue weighted by Gasteiger charge is 2.30. The molecule has 2 unspecified atom stereocenters. The van der Waals surface area contributed by atoms with Gasteiger partial charge in [0.15, 0.2) is 11.5 Å². The molecule has 0 bridgehead atoms. The van der Waals surface area contributed by atoms with Crippen LogP contribution in [0.2, 0.25) is 0 Å². The lowest BCUT2D eigenvalue weighted by Gasteiger charge is -2.34. The molecule has 0 radical (unpaired) electrons. The summed E-state index contributed by atoms with van der Waals surface area (Å²) in [5.41, 5.74) is 7.45. The number of nitrogens with zero attached hydrogens (tertiary/aromatic N) is 4. The molecular formula is C25H21F2N5O2. The van der Waals surface area contributed by atoms with E-state index < -0.39 is 18.0 Å². The first-order valence-electron chi connectivity index (χ1n) is 10.5. The number of aromatic hydroxyl groups is 1. The highest BCUT2D eigenvalue weighted by atomic mass is 19.1. The highest BCUT2D eigenvalue weighted by Crippen LogP contribution is 2.41. The van der Waals surface area contributed by atoms with Crippen molar-refractivity contribution in [1.29, 1.82) is 10.5 Å². The van der Waals surface area contributed by atoms with E-state index in [1.54, 1.807) is 29.2 Å². The topological polar surface area (TPSA) is 119 Å². The highest BCUT2D eigenvalue weighted by molar-refractivity contribution is 5.90. The van der Waals surface area contributed by atoms with Crippen LogP contribution in [0.3, 0.4) is 0 Å². The van der Waals surface area contributed by atoms with Crippen LogP contribution in [0.15, 0.2) is 42.6 Å². The summed E-state index contributed by atoms with van der Waals surface area (Å²) in [7, 11) is 1.42. The van der Waals surface area contributed by atoms with Gasteiger partial charge < -0.3 is 20.5 Å². The summed E-state index contributed by atoms with van der Waals surface area (Å²) in [6, 6.07) is 12.1. The zero-order valence-electron chi connectivity index (χ0n) is 18.3. The minimum absolute atomic E-state index is 0.0211. The van der Waals surface area contributed by atoms with Crippen molar-refractivity contribution >= 4 is 5.82 Å². The van der Waals surface area contributed by atoms with Gasteiger partial charge in [-0.3, -0.25) is 0 Å². The van der Waals surface area contributed by atoms with Crippen molar-refractivity contribution in [3.8, 4) is 45.9 Å². The van der Waals surface area contributed by atoms with Crippen LogP contribution in [0, 0.1) is 28.5 Å². The number of aromatic nitrogens is 1. The molecule has 3 N–H and O–H groups in total. The Balaban J connectivity index is 1.95. The Morgan fingerprint density at radius 1 is 1.18 bits per heavy atom. The number of nitriles is 2. The molecule has 0 amide bonds. The number of pyridine rings is 1. The van der Waals surface area contributed by atoms with Crippen LogP contribution in [-0.4, -0.2) is 42.5 Å². The van der Waals surface area contributed by atoms with E-state index in [0.29, 0.717) is 35.2 Å². The summed E-state index contributed by atoms with van der Waals surface area (Å²) in [5.74, 6) is -0.333. The zero-order valence-corrected chi connectivity index (χ0v) is 18.3. The van der Waals surface area contributed by atoms with E-state index >= 15 is 0 Å². The number of methoxy groups -OCH3 is 1. The Morgan fingerprint density at radius 3 is 2.56 bits per heavy atom. The summed E-state index contributed by atoms with van der Waals surface area (Å²) in [5, 5.41) is 29.5. The number of nitrogens with two attached hydrogens (primary N) is 1. The number of hydrogen-bond acceptors (Lipinski definition) is 7. The van der Waals surface area contributed by atoms with E-state index in [0.717, 1.165) is 0 Å². The Hall–Kier alpha value is -4.21. The Kier molecular flexibility index (Phi) is 6.31. The van der Waals surface area contributed by atoms with Crippen LogP contribution in [0.25, 0.3) is 22.3 Å². The second kappa shape index (κ2) is 9.34. The number of piperidine rings is 1. The van der Waals surface area contributed by atoms with Crippen LogP contribution in [0.4, 0.5) is 14.6 Å². The third-order valence-electron chi connectivity index (χ3n) is 5.93. The SMILES string of the molecule is COc1ccc(-c2cnc(N3CCC(N)C(F)C3)c(C#N)c2-c2ccc(C#N)c(F)c2)cc1O. The molecule has 34 heavy (non-hydrogen) atoms. The van der Waals surface area contributed by atoms with Crippen molar-refractivity contribution in [3.05, 3.63) is 59.5 Å². The molecule has 1 fully saturated rings. The van der Waals surface area contributed by atoms with Gasteiger partial charge in [-0.05, 0) is 41.8 Å². The van der Waals surface area contributed by atoms with Crippen LogP contribution < -0.4 is 15.4 Å². The van der Waals surface area contributed by atoms with Crippen LogP contribution in [0.5, 0.6) is 11.5 Å². The van der Waals surface area contributed by atoms with Crippen LogP contribution >= 0.6 is 0 Å². The zero-order chi connectivity index (χ0) is 24.4. The van der Waals surface area contributed by atoms with E-state index in [2.05, 4.69) is 11.1 Å². The summed E-state index contributed by atoms with van der Waals surface area (Å²) in [6.45, 7) is 0.389. The predicted octanol–water partition coefficient (Wildman–Crippen LogP) is 3.89. The molecule has 2 heterocycles. The van der Waals surface area contributed by atoms with Gasteiger partial charge >= 0.3 is 0 Å². The molecule has 9 heteroatoms. The first-order valence-corrected chi connectivity index (χ1v) is 10.5. The standard InChI is InChI=1S/C25H21F2N5O2/c1-34-23-5-4-14(9-22(23)33)18-12-31-25(32-7-6-21(30)20(27)13-32)17(11-29)24(18)15-2-3-16(10-28)19(26)8-15/h2-5,8-9,12,20-21,33H,6-7,13,30H2,1H3. The molecular weight excluding hydrogens is 440 g/mol. The Labute approximate surface area is 195 Å². The molecule has 1 aromatic heterocycles. The van der Waals surface area contributed by atoms with Gasteiger partial charge in [0.1, 0.15) is 35.5 Å². The first kappa shape index (κ1) is 23.0. The van der Waals surface area contributed by atoms with Crippen molar-refractivity contribution in [1.82, 2.24) is 4.98 Å². The molecule has 3 aromatic rings. The predicted molar refractivity (Wildman–Crippen MR) is 122 cm³/mol. The molecule has 1 aliphatic rings. The van der Waals surface area contributed by atoms with Crippen molar-refractivity contribution in [2.45, 2.75) is 18.6 Å². The maximum atomic E-state index is 14.6. The smallest absolute Gasteiger partial charge is 0.160 e. The molecule has 4 rings (SSSR count). The van der Waals surface area contributed by atoms with Crippen molar-refractivity contribution in [2.24, 2.45) is 5.73 Å². The molecule has 1 saturated heterocycles. The lowest BCUT2D eigenvalue weighted by atomic mass is 9.91. The molecule has 7 nitrogen and oxygen atoms in total. The fourth-order valence-electron chi connectivity index (χ4n) is 4.10.